The van der Waals surface area contributed by atoms with E-state index < -0.39 is 19.5 Å². The molecule has 0 atom stereocenters. The van der Waals surface area contributed by atoms with Crippen LogP contribution in [0.1, 0.15) is 60.8 Å². The van der Waals surface area contributed by atoms with Crippen LogP contribution >= 0.6 is 0 Å². The highest BCUT2D eigenvalue weighted by atomic mass is 32.2. The molecule has 0 aromatic rings. The molecule has 2 heterocycles. The van der Waals surface area contributed by atoms with E-state index in [0.717, 1.165) is 42.3 Å². The highest BCUT2D eigenvalue weighted by Gasteiger charge is 2.22. The lowest BCUT2D eigenvalue weighted by molar-refractivity contribution is 0.576. The third-order valence-corrected chi connectivity index (χ3v) is 8.45. The van der Waals surface area contributed by atoms with E-state index in [9.17, 15) is 8.42 Å². The molecular formula is C15H32N2O2S2. The standard InChI is InChI=1S/C8H17NOS.C7H15NOS/c1-8(2,3)9-11(10)6-4-5-7-11;1-7(2,3)8-10(9)5-4-6-10/h4-7H2,1-3H3;4-6H2,1-3H3. The predicted molar refractivity (Wildman–Crippen MR) is 94.0 cm³/mol. The molecule has 21 heavy (non-hydrogen) atoms. The molecule has 2 saturated heterocycles. The highest BCUT2D eigenvalue weighted by molar-refractivity contribution is 7.95. The van der Waals surface area contributed by atoms with Crippen molar-refractivity contribution in [1.29, 1.82) is 0 Å². The second kappa shape index (κ2) is 6.57. The average Bonchev–Trinajstić information content (AvgIpc) is 2.57. The van der Waals surface area contributed by atoms with Crippen molar-refractivity contribution >= 4 is 19.5 Å². The molecule has 4 nitrogen and oxygen atoms in total. The molecule has 2 aliphatic heterocycles. The summed E-state index contributed by atoms with van der Waals surface area (Å²) in [5.41, 5.74) is -0.237. The van der Waals surface area contributed by atoms with Crippen molar-refractivity contribution in [2.45, 2.75) is 71.9 Å². The van der Waals surface area contributed by atoms with Crippen molar-refractivity contribution in [2.75, 3.05) is 23.0 Å². The van der Waals surface area contributed by atoms with Gasteiger partial charge >= 0.3 is 0 Å². The first-order valence-electron chi connectivity index (χ1n) is 7.80. The van der Waals surface area contributed by atoms with Crippen LogP contribution in [0.5, 0.6) is 0 Å². The van der Waals surface area contributed by atoms with E-state index >= 15 is 0 Å². The maximum atomic E-state index is 11.8. The van der Waals surface area contributed by atoms with Crippen LogP contribution in [0.4, 0.5) is 0 Å². The fourth-order valence-electron chi connectivity index (χ4n) is 2.33. The van der Waals surface area contributed by atoms with Gasteiger partial charge in [0, 0.05) is 42.5 Å². The summed E-state index contributed by atoms with van der Waals surface area (Å²) in [6.45, 7) is 12.0. The summed E-state index contributed by atoms with van der Waals surface area (Å²) in [5, 5.41) is 0. The summed E-state index contributed by atoms with van der Waals surface area (Å²) < 4.78 is 32.0. The van der Waals surface area contributed by atoms with Gasteiger partial charge in [-0.05, 0) is 60.8 Å². The van der Waals surface area contributed by atoms with Gasteiger partial charge in [0.15, 0.2) is 0 Å². The van der Waals surface area contributed by atoms with Gasteiger partial charge in [0.2, 0.25) is 0 Å². The van der Waals surface area contributed by atoms with E-state index in [4.69, 9.17) is 0 Å². The second-order valence-corrected chi connectivity index (χ2v) is 13.0. The van der Waals surface area contributed by atoms with E-state index in [1.54, 1.807) is 0 Å². The fraction of sp³-hybridized carbons (Fsp3) is 1.00. The molecule has 0 spiro atoms. The molecule has 0 bridgehead atoms. The van der Waals surface area contributed by atoms with Gasteiger partial charge in [0.05, 0.1) is 11.1 Å². The van der Waals surface area contributed by atoms with Crippen molar-refractivity contribution < 1.29 is 8.42 Å². The van der Waals surface area contributed by atoms with Gasteiger partial charge < -0.3 is 0 Å². The fourth-order valence-corrected chi connectivity index (χ4v) is 6.99. The lowest BCUT2D eigenvalue weighted by Crippen LogP contribution is -2.27. The topological polar surface area (TPSA) is 58.9 Å². The van der Waals surface area contributed by atoms with E-state index in [2.05, 4.69) is 8.73 Å². The summed E-state index contributed by atoms with van der Waals surface area (Å²) in [4.78, 5) is 0. The molecule has 0 aliphatic carbocycles. The minimum absolute atomic E-state index is 0.114. The molecule has 0 unspecified atom stereocenters. The Kier molecular flexibility index (Phi) is 5.93. The molecule has 126 valence electrons. The Bertz CT molecular complexity index is 558. The van der Waals surface area contributed by atoms with Crippen molar-refractivity contribution in [2.24, 2.45) is 8.73 Å². The Hall–Kier alpha value is -0.100. The smallest absolute Gasteiger partial charge is 0.0618 e. The van der Waals surface area contributed by atoms with Gasteiger partial charge in [-0.3, -0.25) is 0 Å². The minimum Gasteiger partial charge on any atom is -0.250 e. The molecule has 2 fully saturated rings. The van der Waals surface area contributed by atoms with Crippen molar-refractivity contribution in [3.05, 3.63) is 0 Å². The molecule has 0 N–H and O–H groups in total. The third kappa shape index (κ3) is 7.63. The molecule has 0 saturated carbocycles. The lowest BCUT2D eigenvalue weighted by Gasteiger charge is -2.23. The number of hydrogen-bond acceptors (Lipinski definition) is 4. The monoisotopic (exact) mass is 336 g/mol. The summed E-state index contributed by atoms with van der Waals surface area (Å²) in [5.74, 6) is 3.29. The Morgan fingerprint density at radius 3 is 1.10 bits per heavy atom. The Balaban J connectivity index is 0.000000211. The van der Waals surface area contributed by atoms with Crippen LogP contribution in [0, 0.1) is 0 Å². The van der Waals surface area contributed by atoms with Crippen LogP contribution < -0.4 is 0 Å². The van der Waals surface area contributed by atoms with Gasteiger partial charge in [-0.25, -0.2) is 17.1 Å². The van der Waals surface area contributed by atoms with Crippen LogP contribution in [-0.2, 0) is 19.5 Å². The zero-order chi connectivity index (χ0) is 16.4. The third-order valence-electron chi connectivity index (χ3n) is 2.98. The van der Waals surface area contributed by atoms with Crippen molar-refractivity contribution in [3.63, 3.8) is 0 Å². The minimum atomic E-state index is -1.79. The Morgan fingerprint density at radius 1 is 0.619 bits per heavy atom. The quantitative estimate of drug-likeness (QED) is 0.677. The van der Waals surface area contributed by atoms with Gasteiger partial charge in [-0.1, -0.05) is 0 Å². The SMILES string of the molecule is CC(C)(C)N=S1(=O)CCC1.CC(C)(C)N=S1(=O)CCCC1. The first kappa shape index (κ1) is 18.9. The zero-order valence-electron chi connectivity index (χ0n) is 14.5. The molecule has 0 aromatic carbocycles. The maximum absolute atomic E-state index is 11.8. The van der Waals surface area contributed by atoms with Crippen LogP contribution in [0.2, 0.25) is 0 Å². The first-order chi connectivity index (χ1) is 9.33. The van der Waals surface area contributed by atoms with Crippen molar-refractivity contribution in [3.8, 4) is 0 Å². The molecule has 2 aliphatic rings. The molecule has 6 heteroatoms. The molecule has 2 rings (SSSR count). The van der Waals surface area contributed by atoms with Crippen molar-refractivity contribution in [1.82, 2.24) is 0 Å². The van der Waals surface area contributed by atoms with Gasteiger partial charge in [-0.15, -0.1) is 0 Å². The van der Waals surface area contributed by atoms with Gasteiger partial charge in [0.25, 0.3) is 0 Å². The maximum Gasteiger partial charge on any atom is 0.0618 e. The Morgan fingerprint density at radius 2 is 0.905 bits per heavy atom. The number of hydrogen-bond donors (Lipinski definition) is 0. The first-order valence-corrected chi connectivity index (χ1v) is 11.5. The average molecular weight is 337 g/mol. The molecule has 0 radical (unpaired) electrons. The molecule has 0 amide bonds. The molecular weight excluding hydrogens is 304 g/mol. The number of rotatable bonds is 0. The zero-order valence-corrected chi connectivity index (χ0v) is 16.1. The Labute approximate surface area is 131 Å². The van der Waals surface area contributed by atoms with E-state index in [1.165, 1.54) is 0 Å². The summed E-state index contributed by atoms with van der Waals surface area (Å²) in [7, 11) is -3.51. The second-order valence-electron chi connectivity index (χ2n) is 7.95. The lowest BCUT2D eigenvalue weighted by atomic mass is 10.1. The van der Waals surface area contributed by atoms with Crippen LogP contribution in [0.15, 0.2) is 8.73 Å². The summed E-state index contributed by atoms with van der Waals surface area (Å²) in [6, 6.07) is 0. The van der Waals surface area contributed by atoms with Crippen LogP contribution in [0.3, 0.4) is 0 Å². The van der Waals surface area contributed by atoms with Crippen LogP contribution in [0.25, 0.3) is 0 Å². The summed E-state index contributed by atoms with van der Waals surface area (Å²) >= 11 is 0. The van der Waals surface area contributed by atoms with E-state index in [-0.39, 0.29) is 11.1 Å². The largest absolute Gasteiger partial charge is 0.250 e. The van der Waals surface area contributed by atoms with E-state index in [1.807, 2.05) is 41.5 Å². The normalized spacial score (nSPS) is 23.5. The van der Waals surface area contributed by atoms with Gasteiger partial charge in [-0.2, -0.15) is 0 Å². The van der Waals surface area contributed by atoms with E-state index in [0.29, 0.717) is 0 Å². The van der Waals surface area contributed by atoms with Crippen LogP contribution in [-0.4, -0.2) is 42.5 Å². The molecule has 0 aromatic heterocycles. The number of nitrogens with zero attached hydrogens (tertiary/aromatic N) is 2. The predicted octanol–water partition coefficient (Wildman–Crippen LogP) is 3.70. The summed E-state index contributed by atoms with van der Waals surface area (Å²) in [6.07, 6.45) is 3.29. The van der Waals surface area contributed by atoms with Gasteiger partial charge in [0.1, 0.15) is 0 Å². The highest BCUT2D eigenvalue weighted by Crippen LogP contribution is 2.19.